The van der Waals surface area contributed by atoms with Crippen molar-refractivity contribution in [2.24, 2.45) is 5.73 Å². The fraction of sp³-hybridized carbons (Fsp3) is 0. The van der Waals surface area contributed by atoms with Gasteiger partial charge in [0, 0.05) is 11.8 Å². The number of nitrogens with two attached hydrogens (primary N) is 1. The summed E-state index contributed by atoms with van der Waals surface area (Å²) in [6, 6.07) is 8.85. The molecule has 1 aromatic carbocycles. The molecular formula is C14H10N4O2. The molecule has 0 saturated heterocycles. The summed E-state index contributed by atoms with van der Waals surface area (Å²) in [5.41, 5.74) is 7.18. The number of benzene rings is 1. The van der Waals surface area contributed by atoms with E-state index in [2.05, 4.69) is 15.0 Å². The van der Waals surface area contributed by atoms with E-state index in [-0.39, 0.29) is 5.56 Å². The molecule has 1 amide bonds. The summed E-state index contributed by atoms with van der Waals surface area (Å²) in [6.07, 6.45) is 3.06. The molecule has 0 saturated carbocycles. The van der Waals surface area contributed by atoms with Gasteiger partial charge in [0.15, 0.2) is 0 Å². The number of hydrogen-bond acceptors (Lipinski definition) is 4. The van der Waals surface area contributed by atoms with E-state index in [4.69, 9.17) is 5.73 Å². The molecule has 98 valence electrons. The standard InChI is InChI=1S/C14H10N4O2/c15-13(19)9-5-8(6-17-14(9)20)12-7-16-10-3-1-2-4-11(10)18-12/h1-7H,(H2,15,19)(H,17,20). The van der Waals surface area contributed by atoms with E-state index in [1.165, 1.54) is 12.3 Å². The SMILES string of the molecule is NC(=O)c1cc(-c2cnc3ccccc3n2)c[nH]c1=O. The number of hydrogen-bond donors (Lipinski definition) is 2. The Morgan fingerprint density at radius 1 is 1.20 bits per heavy atom. The Labute approximate surface area is 113 Å². The normalized spacial score (nSPS) is 10.6. The number of nitrogens with one attached hydrogen (secondary N) is 1. The van der Waals surface area contributed by atoms with Crippen LogP contribution in [0.5, 0.6) is 0 Å². The Kier molecular flexibility index (Phi) is 2.76. The van der Waals surface area contributed by atoms with Crippen LogP contribution in [0, 0.1) is 0 Å². The van der Waals surface area contributed by atoms with E-state index in [1.54, 1.807) is 6.20 Å². The van der Waals surface area contributed by atoms with Gasteiger partial charge in [-0.2, -0.15) is 0 Å². The molecule has 0 spiro atoms. The summed E-state index contributed by atoms with van der Waals surface area (Å²) in [5, 5.41) is 0. The Bertz CT molecular complexity index is 870. The summed E-state index contributed by atoms with van der Waals surface area (Å²) in [6.45, 7) is 0. The number of carbonyl (C=O) groups is 1. The van der Waals surface area contributed by atoms with Crippen molar-refractivity contribution in [1.82, 2.24) is 15.0 Å². The van der Waals surface area contributed by atoms with Gasteiger partial charge in [-0.1, -0.05) is 12.1 Å². The molecule has 6 heteroatoms. The zero-order valence-electron chi connectivity index (χ0n) is 10.3. The fourth-order valence-corrected chi connectivity index (χ4v) is 1.91. The lowest BCUT2D eigenvalue weighted by Gasteiger charge is -2.03. The molecule has 20 heavy (non-hydrogen) atoms. The van der Waals surface area contributed by atoms with Gasteiger partial charge in [-0.3, -0.25) is 14.6 Å². The van der Waals surface area contributed by atoms with Gasteiger partial charge in [0.1, 0.15) is 5.56 Å². The van der Waals surface area contributed by atoms with Crippen molar-refractivity contribution in [2.45, 2.75) is 0 Å². The van der Waals surface area contributed by atoms with Gasteiger partial charge in [0.05, 0.1) is 22.9 Å². The van der Waals surface area contributed by atoms with E-state index in [0.717, 1.165) is 11.0 Å². The van der Waals surface area contributed by atoms with Gasteiger partial charge < -0.3 is 10.7 Å². The van der Waals surface area contributed by atoms with Gasteiger partial charge in [-0.05, 0) is 18.2 Å². The average molecular weight is 266 g/mol. The molecule has 0 unspecified atom stereocenters. The smallest absolute Gasteiger partial charge is 0.260 e. The monoisotopic (exact) mass is 266 g/mol. The lowest BCUT2D eigenvalue weighted by atomic mass is 10.1. The van der Waals surface area contributed by atoms with Gasteiger partial charge in [-0.25, -0.2) is 4.98 Å². The number of nitrogens with zero attached hydrogens (tertiary/aromatic N) is 2. The second kappa shape index (κ2) is 4.58. The third-order valence-corrected chi connectivity index (χ3v) is 2.91. The number of fused-ring (bicyclic) bond motifs is 1. The second-order valence-electron chi connectivity index (χ2n) is 4.24. The van der Waals surface area contributed by atoms with Crippen molar-refractivity contribution in [3.8, 4) is 11.3 Å². The molecule has 3 aromatic rings. The highest BCUT2D eigenvalue weighted by atomic mass is 16.2. The van der Waals surface area contributed by atoms with E-state index in [9.17, 15) is 9.59 Å². The van der Waals surface area contributed by atoms with Crippen LogP contribution in [-0.4, -0.2) is 20.9 Å². The van der Waals surface area contributed by atoms with Gasteiger partial charge >= 0.3 is 0 Å². The van der Waals surface area contributed by atoms with Crippen LogP contribution >= 0.6 is 0 Å². The van der Waals surface area contributed by atoms with Crippen molar-refractivity contribution in [1.29, 1.82) is 0 Å². The first-order valence-corrected chi connectivity index (χ1v) is 5.90. The molecule has 0 aliphatic carbocycles. The molecule has 3 rings (SSSR count). The molecule has 0 aliphatic heterocycles. The van der Waals surface area contributed by atoms with Crippen LogP contribution < -0.4 is 11.3 Å². The van der Waals surface area contributed by atoms with Crippen LogP contribution in [0.3, 0.4) is 0 Å². The summed E-state index contributed by atoms with van der Waals surface area (Å²) < 4.78 is 0. The molecule has 0 bridgehead atoms. The van der Waals surface area contributed by atoms with Crippen LogP contribution in [-0.2, 0) is 0 Å². The van der Waals surface area contributed by atoms with E-state index >= 15 is 0 Å². The van der Waals surface area contributed by atoms with Gasteiger partial charge in [0.2, 0.25) is 0 Å². The largest absolute Gasteiger partial charge is 0.365 e. The Morgan fingerprint density at radius 2 is 1.95 bits per heavy atom. The summed E-state index contributed by atoms with van der Waals surface area (Å²) >= 11 is 0. The number of aromatic nitrogens is 3. The minimum absolute atomic E-state index is 0.0996. The predicted octanol–water partition coefficient (Wildman–Crippen LogP) is 1.08. The lowest BCUT2D eigenvalue weighted by molar-refractivity contribution is 0.0999. The Hall–Kier alpha value is -3.02. The fourth-order valence-electron chi connectivity index (χ4n) is 1.91. The number of aromatic amines is 1. The first-order chi connectivity index (χ1) is 9.65. The highest BCUT2D eigenvalue weighted by Gasteiger charge is 2.10. The van der Waals surface area contributed by atoms with Gasteiger partial charge in [-0.15, -0.1) is 0 Å². The number of para-hydroxylation sites is 2. The lowest BCUT2D eigenvalue weighted by Crippen LogP contribution is -2.23. The minimum Gasteiger partial charge on any atom is -0.365 e. The maximum atomic E-state index is 11.5. The highest BCUT2D eigenvalue weighted by Crippen LogP contribution is 2.18. The van der Waals surface area contributed by atoms with Crippen molar-refractivity contribution in [3.63, 3.8) is 0 Å². The maximum absolute atomic E-state index is 11.5. The van der Waals surface area contributed by atoms with E-state index < -0.39 is 11.5 Å². The van der Waals surface area contributed by atoms with Crippen LogP contribution in [0.25, 0.3) is 22.3 Å². The molecule has 2 aromatic heterocycles. The predicted molar refractivity (Wildman–Crippen MR) is 74.1 cm³/mol. The van der Waals surface area contributed by atoms with Crippen molar-refractivity contribution >= 4 is 16.9 Å². The number of H-pyrrole nitrogens is 1. The average Bonchev–Trinajstić information content (AvgIpc) is 2.47. The first kappa shape index (κ1) is 12.0. The molecule has 0 radical (unpaired) electrons. The van der Waals surface area contributed by atoms with E-state index in [1.807, 2.05) is 24.3 Å². The molecule has 0 fully saturated rings. The Balaban J connectivity index is 2.18. The number of rotatable bonds is 2. The minimum atomic E-state index is -0.776. The second-order valence-corrected chi connectivity index (χ2v) is 4.24. The zero-order valence-corrected chi connectivity index (χ0v) is 10.3. The zero-order chi connectivity index (χ0) is 14.1. The van der Waals surface area contributed by atoms with E-state index in [0.29, 0.717) is 11.3 Å². The third kappa shape index (κ3) is 2.03. The third-order valence-electron chi connectivity index (χ3n) is 2.91. The van der Waals surface area contributed by atoms with Crippen LogP contribution in [0.2, 0.25) is 0 Å². The van der Waals surface area contributed by atoms with Crippen molar-refractivity contribution in [2.75, 3.05) is 0 Å². The van der Waals surface area contributed by atoms with Crippen molar-refractivity contribution < 1.29 is 4.79 Å². The number of pyridine rings is 1. The number of amides is 1. The highest BCUT2D eigenvalue weighted by molar-refractivity contribution is 5.93. The first-order valence-electron chi connectivity index (χ1n) is 5.90. The maximum Gasteiger partial charge on any atom is 0.260 e. The molecule has 2 heterocycles. The summed E-state index contributed by atoms with van der Waals surface area (Å²) in [5.74, 6) is -0.776. The van der Waals surface area contributed by atoms with Gasteiger partial charge in [0.25, 0.3) is 11.5 Å². The molecule has 0 atom stereocenters. The molecule has 6 nitrogen and oxygen atoms in total. The molecular weight excluding hydrogens is 256 g/mol. The Morgan fingerprint density at radius 3 is 2.70 bits per heavy atom. The van der Waals surface area contributed by atoms with Crippen LogP contribution in [0.1, 0.15) is 10.4 Å². The van der Waals surface area contributed by atoms with Crippen molar-refractivity contribution in [3.05, 3.63) is 58.6 Å². The van der Waals surface area contributed by atoms with Crippen LogP contribution in [0.15, 0.2) is 47.5 Å². The van der Waals surface area contributed by atoms with Crippen LogP contribution in [0.4, 0.5) is 0 Å². The summed E-state index contributed by atoms with van der Waals surface area (Å²) in [4.78, 5) is 33.8. The quantitative estimate of drug-likeness (QED) is 0.724. The summed E-state index contributed by atoms with van der Waals surface area (Å²) in [7, 11) is 0. The number of primary amides is 1. The topological polar surface area (TPSA) is 102 Å². The molecule has 0 aliphatic rings. The molecule has 3 N–H and O–H groups in total. The number of carbonyl (C=O) groups excluding carboxylic acids is 1.